The van der Waals surface area contributed by atoms with Gasteiger partial charge in [-0.15, -0.1) is 0 Å². The molecule has 0 spiro atoms. The van der Waals surface area contributed by atoms with Crippen LogP contribution in [0.25, 0.3) is 0 Å². The second-order valence-electron chi connectivity index (χ2n) is 4.47. The minimum atomic E-state index is -0.440. The van der Waals surface area contributed by atoms with Gasteiger partial charge < -0.3 is 4.74 Å². The summed E-state index contributed by atoms with van der Waals surface area (Å²) in [5.74, 6) is -0.175. The molecule has 2 aliphatic rings. The van der Waals surface area contributed by atoms with Gasteiger partial charge in [0, 0.05) is 0 Å². The van der Waals surface area contributed by atoms with E-state index >= 15 is 0 Å². The zero-order chi connectivity index (χ0) is 10.2. The minimum Gasteiger partial charge on any atom is -0.393 e. The lowest BCUT2D eigenvalue weighted by Gasteiger charge is -2.39. The maximum atomic E-state index is 11.7. The number of ether oxygens (including phenoxy) is 1. The topological polar surface area (TPSA) is 43.4 Å². The van der Waals surface area contributed by atoms with Crippen molar-refractivity contribution in [2.75, 3.05) is 0 Å². The van der Waals surface area contributed by atoms with E-state index in [0.717, 1.165) is 25.7 Å². The second-order valence-corrected chi connectivity index (χ2v) is 4.47. The van der Waals surface area contributed by atoms with Gasteiger partial charge in [0.2, 0.25) is 0 Å². The molecular weight excluding hydrogens is 180 g/mol. The third-order valence-electron chi connectivity index (χ3n) is 3.66. The average molecular weight is 196 g/mol. The molecule has 0 aromatic carbocycles. The van der Waals surface area contributed by atoms with Gasteiger partial charge in [-0.1, -0.05) is 19.8 Å². The smallest absolute Gasteiger partial charge is 0.320 e. The van der Waals surface area contributed by atoms with Crippen LogP contribution in [0.15, 0.2) is 0 Å². The van der Waals surface area contributed by atoms with Crippen molar-refractivity contribution in [3.8, 4) is 0 Å². The number of cyclic esters (lactones) is 2. The third-order valence-corrected chi connectivity index (χ3v) is 3.66. The van der Waals surface area contributed by atoms with Gasteiger partial charge in [-0.25, -0.2) is 0 Å². The highest BCUT2D eigenvalue weighted by atomic mass is 16.6. The Balaban J connectivity index is 2.20. The van der Waals surface area contributed by atoms with Crippen LogP contribution in [-0.4, -0.2) is 11.9 Å². The molecule has 0 aromatic heterocycles. The first-order valence-corrected chi connectivity index (χ1v) is 5.44. The molecular formula is C11H16O3. The molecule has 2 rings (SSSR count). The summed E-state index contributed by atoms with van der Waals surface area (Å²) in [7, 11) is 0. The zero-order valence-electron chi connectivity index (χ0n) is 8.54. The van der Waals surface area contributed by atoms with Crippen molar-refractivity contribution >= 4 is 11.9 Å². The van der Waals surface area contributed by atoms with E-state index in [1.807, 2.05) is 0 Å². The highest BCUT2D eigenvalue weighted by molar-refractivity contribution is 5.97. The molecule has 1 unspecified atom stereocenters. The normalized spacial score (nSPS) is 32.9. The summed E-state index contributed by atoms with van der Waals surface area (Å²) in [5.41, 5.74) is -0.440. The molecule has 3 nitrogen and oxygen atoms in total. The van der Waals surface area contributed by atoms with Crippen LogP contribution in [0.3, 0.4) is 0 Å². The van der Waals surface area contributed by atoms with E-state index in [4.69, 9.17) is 4.74 Å². The highest BCUT2D eigenvalue weighted by Crippen LogP contribution is 2.50. The predicted octanol–water partition coefficient (Wildman–Crippen LogP) is 2.05. The molecule has 0 aromatic rings. The molecule has 1 saturated carbocycles. The number of rotatable bonds is 3. The summed E-state index contributed by atoms with van der Waals surface area (Å²) < 4.78 is 4.71. The first kappa shape index (κ1) is 9.69. The van der Waals surface area contributed by atoms with E-state index in [-0.39, 0.29) is 11.9 Å². The molecule has 3 heteroatoms. The summed E-state index contributed by atoms with van der Waals surface area (Å²) in [6.45, 7) is 2.05. The molecule has 78 valence electrons. The van der Waals surface area contributed by atoms with Gasteiger partial charge in [0.05, 0.1) is 11.8 Å². The number of hydrogen-bond acceptors (Lipinski definition) is 3. The Kier molecular flexibility index (Phi) is 2.33. The van der Waals surface area contributed by atoms with Crippen LogP contribution in [0, 0.1) is 11.3 Å². The lowest BCUT2D eigenvalue weighted by molar-refractivity contribution is -0.157. The van der Waals surface area contributed by atoms with E-state index in [0.29, 0.717) is 12.3 Å². The van der Waals surface area contributed by atoms with Crippen LogP contribution in [0.4, 0.5) is 0 Å². The lowest BCUT2D eigenvalue weighted by atomic mass is 9.62. The minimum absolute atomic E-state index is 0.256. The summed E-state index contributed by atoms with van der Waals surface area (Å²) in [6, 6.07) is 0. The van der Waals surface area contributed by atoms with Crippen molar-refractivity contribution in [1.29, 1.82) is 0 Å². The van der Waals surface area contributed by atoms with E-state index in [9.17, 15) is 9.59 Å². The Morgan fingerprint density at radius 1 is 1.43 bits per heavy atom. The molecule has 1 saturated heterocycles. The zero-order valence-corrected chi connectivity index (χ0v) is 8.54. The molecule has 0 bridgehead atoms. The molecule has 2 fully saturated rings. The molecule has 1 atom stereocenters. The van der Waals surface area contributed by atoms with Crippen molar-refractivity contribution in [2.24, 2.45) is 11.3 Å². The highest BCUT2D eigenvalue weighted by Gasteiger charge is 2.54. The maximum absolute atomic E-state index is 11.7. The van der Waals surface area contributed by atoms with Crippen LogP contribution >= 0.6 is 0 Å². The van der Waals surface area contributed by atoms with Gasteiger partial charge in [-0.3, -0.25) is 9.59 Å². The fraction of sp³-hybridized carbons (Fsp3) is 0.818. The second kappa shape index (κ2) is 3.37. The maximum Gasteiger partial charge on any atom is 0.320 e. The summed E-state index contributed by atoms with van der Waals surface area (Å²) >= 11 is 0. The molecule has 0 amide bonds. The van der Waals surface area contributed by atoms with Crippen LogP contribution in [0.2, 0.25) is 0 Å². The average Bonchev–Trinajstić information content (AvgIpc) is 2.24. The molecule has 0 radical (unpaired) electrons. The Morgan fingerprint density at radius 3 is 2.50 bits per heavy atom. The Morgan fingerprint density at radius 2 is 2.14 bits per heavy atom. The third kappa shape index (κ3) is 1.26. The quantitative estimate of drug-likeness (QED) is 0.512. The van der Waals surface area contributed by atoms with Crippen molar-refractivity contribution in [2.45, 2.75) is 45.4 Å². The summed E-state index contributed by atoms with van der Waals surface area (Å²) in [5, 5.41) is 0. The van der Waals surface area contributed by atoms with Crippen molar-refractivity contribution < 1.29 is 14.3 Å². The first-order valence-electron chi connectivity index (χ1n) is 5.44. The van der Waals surface area contributed by atoms with Gasteiger partial charge >= 0.3 is 11.9 Å². The van der Waals surface area contributed by atoms with Gasteiger partial charge in [0.25, 0.3) is 0 Å². The van der Waals surface area contributed by atoms with Gasteiger partial charge in [-0.05, 0) is 25.2 Å². The Labute approximate surface area is 83.8 Å². The predicted molar refractivity (Wildman–Crippen MR) is 50.4 cm³/mol. The number of carbonyl (C=O) groups excluding carboxylic acids is 2. The molecule has 1 aliphatic carbocycles. The summed E-state index contributed by atoms with van der Waals surface area (Å²) in [4.78, 5) is 22.8. The van der Waals surface area contributed by atoms with Crippen molar-refractivity contribution in [1.82, 2.24) is 0 Å². The van der Waals surface area contributed by atoms with Crippen molar-refractivity contribution in [3.05, 3.63) is 0 Å². The SMILES string of the molecule is CCCC1(C2CCC2)CC(=O)OC1=O. The molecule has 14 heavy (non-hydrogen) atoms. The van der Waals surface area contributed by atoms with Crippen molar-refractivity contribution in [3.63, 3.8) is 0 Å². The number of carbonyl (C=O) groups is 2. The van der Waals surface area contributed by atoms with E-state index in [1.165, 1.54) is 6.42 Å². The first-order chi connectivity index (χ1) is 6.69. The number of hydrogen-bond donors (Lipinski definition) is 0. The van der Waals surface area contributed by atoms with Gasteiger partial charge in [0.1, 0.15) is 0 Å². The largest absolute Gasteiger partial charge is 0.393 e. The number of esters is 2. The summed E-state index contributed by atoms with van der Waals surface area (Å²) in [6.07, 6.45) is 5.44. The molecule has 0 N–H and O–H groups in total. The van der Waals surface area contributed by atoms with Crippen LogP contribution in [0.1, 0.15) is 45.4 Å². The van der Waals surface area contributed by atoms with E-state index < -0.39 is 5.41 Å². The Bertz CT molecular complexity index is 268. The standard InChI is InChI=1S/C11H16O3/c1-2-6-11(8-4-3-5-8)7-9(12)14-10(11)13/h8H,2-7H2,1H3. The van der Waals surface area contributed by atoms with Crippen LogP contribution in [0.5, 0.6) is 0 Å². The van der Waals surface area contributed by atoms with Crippen LogP contribution in [-0.2, 0) is 14.3 Å². The van der Waals surface area contributed by atoms with Gasteiger partial charge in [-0.2, -0.15) is 0 Å². The Hall–Kier alpha value is -0.860. The fourth-order valence-electron chi connectivity index (χ4n) is 2.68. The van der Waals surface area contributed by atoms with E-state index in [1.54, 1.807) is 0 Å². The lowest BCUT2D eigenvalue weighted by Crippen LogP contribution is -2.39. The van der Waals surface area contributed by atoms with E-state index in [2.05, 4.69) is 6.92 Å². The fourth-order valence-corrected chi connectivity index (χ4v) is 2.68. The van der Waals surface area contributed by atoms with Crippen LogP contribution < -0.4 is 0 Å². The monoisotopic (exact) mass is 196 g/mol. The molecule has 1 aliphatic heterocycles. The van der Waals surface area contributed by atoms with Gasteiger partial charge in [0.15, 0.2) is 0 Å². The molecule has 1 heterocycles.